The molecule has 1 aliphatic heterocycles. The van der Waals surface area contributed by atoms with Gasteiger partial charge < -0.3 is 23.9 Å². The minimum absolute atomic E-state index is 0.118. The zero-order chi connectivity index (χ0) is 24.4. The van der Waals surface area contributed by atoms with Crippen LogP contribution in [0.1, 0.15) is 11.3 Å². The van der Waals surface area contributed by atoms with Crippen LogP contribution in [0.3, 0.4) is 0 Å². The van der Waals surface area contributed by atoms with E-state index in [0.29, 0.717) is 40.3 Å². The summed E-state index contributed by atoms with van der Waals surface area (Å²) in [7, 11) is 1.57. The van der Waals surface area contributed by atoms with Gasteiger partial charge in [-0.15, -0.1) is 0 Å². The summed E-state index contributed by atoms with van der Waals surface area (Å²) in [6.45, 7) is 5.64. The zero-order valence-corrected chi connectivity index (χ0v) is 19.9. The largest absolute Gasteiger partial charge is 0.507 e. The summed E-state index contributed by atoms with van der Waals surface area (Å²) in [6, 6.07) is 20.6. The second-order valence-corrected chi connectivity index (χ2v) is 8.64. The standard InChI is InChI=1S/C28H28N2O5/c1-19-27(35-22-10-6-9-21(17-22)33-2)26(32)23-11-12-25(31)24(28(23)34-19)18-29-13-15-30(16-14-29)20-7-4-3-5-8-20/h3-12,17,31H,13-16,18H2,1-2H3. The molecule has 1 saturated heterocycles. The Morgan fingerprint density at radius 2 is 1.69 bits per heavy atom. The Hall–Kier alpha value is -3.97. The van der Waals surface area contributed by atoms with Gasteiger partial charge in [0.25, 0.3) is 0 Å². The van der Waals surface area contributed by atoms with E-state index in [2.05, 4.69) is 21.9 Å². The molecule has 180 valence electrons. The molecule has 3 aromatic carbocycles. The summed E-state index contributed by atoms with van der Waals surface area (Å²) in [6.07, 6.45) is 0. The van der Waals surface area contributed by atoms with E-state index in [9.17, 15) is 9.90 Å². The van der Waals surface area contributed by atoms with E-state index in [-0.39, 0.29) is 16.9 Å². The van der Waals surface area contributed by atoms with Gasteiger partial charge in [-0.25, -0.2) is 0 Å². The summed E-state index contributed by atoms with van der Waals surface area (Å²) >= 11 is 0. The van der Waals surface area contributed by atoms with E-state index in [1.165, 1.54) is 5.69 Å². The van der Waals surface area contributed by atoms with Crippen LogP contribution in [-0.4, -0.2) is 43.3 Å². The van der Waals surface area contributed by atoms with Gasteiger partial charge >= 0.3 is 0 Å². The molecule has 0 spiro atoms. The van der Waals surface area contributed by atoms with E-state index in [1.54, 1.807) is 50.4 Å². The monoisotopic (exact) mass is 472 g/mol. The lowest BCUT2D eigenvalue weighted by Gasteiger charge is -2.36. The van der Waals surface area contributed by atoms with E-state index >= 15 is 0 Å². The number of benzene rings is 3. The number of hydrogen-bond donors (Lipinski definition) is 1. The maximum atomic E-state index is 13.3. The fourth-order valence-electron chi connectivity index (χ4n) is 4.47. The SMILES string of the molecule is COc1cccc(Oc2c(C)oc3c(CN4CCN(c5ccccc5)CC4)c(O)ccc3c2=O)c1. The highest BCUT2D eigenvalue weighted by Crippen LogP contribution is 2.32. The third kappa shape index (κ3) is 4.68. The van der Waals surface area contributed by atoms with Gasteiger partial charge in [-0.1, -0.05) is 24.3 Å². The number of methoxy groups -OCH3 is 1. The van der Waals surface area contributed by atoms with Crippen LogP contribution < -0.4 is 19.8 Å². The van der Waals surface area contributed by atoms with Gasteiger partial charge in [0, 0.05) is 44.5 Å². The van der Waals surface area contributed by atoms with Crippen LogP contribution in [0.2, 0.25) is 0 Å². The highest BCUT2D eigenvalue weighted by Gasteiger charge is 2.22. The molecule has 7 heteroatoms. The molecular weight excluding hydrogens is 444 g/mol. The smallest absolute Gasteiger partial charge is 0.235 e. The molecule has 7 nitrogen and oxygen atoms in total. The number of para-hydroxylation sites is 1. The number of aryl methyl sites for hydroxylation is 1. The van der Waals surface area contributed by atoms with Crippen molar-refractivity contribution in [2.24, 2.45) is 0 Å². The van der Waals surface area contributed by atoms with Crippen molar-refractivity contribution >= 4 is 16.7 Å². The molecule has 0 bridgehead atoms. The quantitative estimate of drug-likeness (QED) is 0.426. The predicted octanol–water partition coefficient (Wildman–Crippen LogP) is 4.93. The number of hydrogen-bond acceptors (Lipinski definition) is 7. The molecule has 0 saturated carbocycles. The van der Waals surface area contributed by atoms with Crippen LogP contribution in [0.4, 0.5) is 5.69 Å². The van der Waals surface area contributed by atoms with Crippen molar-refractivity contribution in [3.63, 3.8) is 0 Å². The number of phenols is 1. The molecule has 1 fully saturated rings. The second-order valence-electron chi connectivity index (χ2n) is 8.64. The lowest BCUT2D eigenvalue weighted by Crippen LogP contribution is -2.46. The first-order valence-corrected chi connectivity index (χ1v) is 11.7. The number of fused-ring (bicyclic) bond motifs is 1. The minimum Gasteiger partial charge on any atom is -0.507 e. The molecule has 0 radical (unpaired) electrons. The number of anilines is 1. The lowest BCUT2D eigenvalue weighted by atomic mass is 10.1. The molecule has 1 aliphatic rings. The molecule has 0 aliphatic carbocycles. The van der Waals surface area contributed by atoms with Gasteiger partial charge in [0.1, 0.15) is 28.6 Å². The first-order valence-electron chi connectivity index (χ1n) is 11.7. The zero-order valence-electron chi connectivity index (χ0n) is 19.9. The predicted molar refractivity (Wildman–Crippen MR) is 136 cm³/mol. The number of nitrogens with zero attached hydrogens (tertiary/aromatic N) is 2. The van der Waals surface area contributed by atoms with Crippen molar-refractivity contribution in [3.05, 3.63) is 88.3 Å². The highest BCUT2D eigenvalue weighted by molar-refractivity contribution is 5.83. The molecule has 1 aromatic heterocycles. The first kappa shape index (κ1) is 22.8. The maximum Gasteiger partial charge on any atom is 0.235 e. The molecule has 0 unspecified atom stereocenters. The Balaban J connectivity index is 1.40. The average molecular weight is 473 g/mol. The van der Waals surface area contributed by atoms with Crippen LogP contribution in [0.25, 0.3) is 11.0 Å². The van der Waals surface area contributed by atoms with E-state index in [1.807, 2.05) is 18.2 Å². The number of piperazine rings is 1. The van der Waals surface area contributed by atoms with Crippen molar-refractivity contribution in [1.82, 2.24) is 4.90 Å². The summed E-state index contributed by atoms with van der Waals surface area (Å²) in [4.78, 5) is 18.0. The lowest BCUT2D eigenvalue weighted by molar-refractivity contribution is 0.246. The van der Waals surface area contributed by atoms with E-state index < -0.39 is 0 Å². The molecule has 2 heterocycles. The third-order valence-electron chi connectivity index (χ3n) is 6.40. The van der Waals surface area contributed by atoms with Crippen LogP contribution in [0.5, 0.6) is 23.0 Å². The fraction of sp³-hybridized carbons (Fsp3) is 0.250. The molecule has 0 atom stereocenters. The Labute approximate surface area is 203 Å². The Morgan fingerprint density at radius 3 is 2.43 bits per heavy atom. The van der Waals surface area contributed by atoms with Crippen LogP contribution in [0, 0.1) is 6.92 Å². The molecule has 4 aromatic rings. The molecule has 35 heavy (non-hydrogen) atoms. The van der Waals surface area contributed by atoms with Gasteiger partial charge in [0.2, 0.25) is 11.2 Å². The van der Waals surface area contributed by atoms with Gasteiger partial charge in [-0.05, 0) is 43.3 Å². The number of ether oxygens (including phenoxy) is 2. The normalized spacial score (nSPS) is 14.3. The van der Waals surface area contributed by atoms with Crippen molar-refractivity contribution in [2.45, 2.75) is 13.5 Å². The van der Waals surface area contributed by atoms with Gasteiger partial charge in [0.15, 0.2) is 0 Å². The second kappa shape index (κ2) is 9.72. The molecule has 5 rings (SSSR count). The maximum absolute atomic E-state index is 13.3. The average Bonchev–Trinajstić information content (AvgIpc) is 2.89. The van der Waals surface area contributed by atoms with Crippen LogP contribution >= 0.6 is 0 Å². The Kier molecular flexibility index (Phi) is 6.33. The van der Waals surface area contributed by atoms with Crippen molar-refractivity contribution in [1.29, 1.82) is 0 Å². The molecule has 0 amide bonds. The van der Waals surface area contributed by atoms with Crippen molar-refractivity contribution < 1.29 is 19.0 Å². The number of rotatable bonds is 6. The Morgan fingerprint density at radius 1 is 0.943 bits per heavy atom. The molecular formula is C28H28N2O5. The topological polar surface area (TPSA) is 75.4 Å². The Bertz CT molecular complexity index is 1390. The van der Waals surface area contributed by atoms with E-state index in [0.717, 1.165) is 26.2 Å². The number of phenolic OH excluding ortho intramolecular Hbond substituents is 1. The summed E-state index contributed by atoms with van der Waals surface area (Å²) in [5.41, 5.74) is 1.95. The highest BCUT2D eigenvalue weighted by atomic mass is 16.5. The molecule has 1 N–H and O–H groups in total. The summed E-state index contributed by atoms with van der Waals surface area (Å²) in [5, 5.41) is 11.0. The van der Waals surface area contributed by atoms with Gasteiger partial charge in [0.05, 0.1) is 18.1 Å². The van der Waals surface area contributed by atoms with Crippen molar-refractivity contribution in [2.75, 3.05) is 38.2 Å². The first-order chi connectivity index (χ1) is 17.0. The summed E-state index contributed by atoms with van der Waals surface area (Å²) in [5.74, 6) is 1.70. The van der Waals surface area contributed by atoms with E-state index in [4.69, 9.17) is 13.9 Å². The van der Waals surface area contributed by atoms with Gasteiger partial charge in [-0.2, -0.15) is 0 Å². The summed E-state index contributed by atoms with van der Waals surface area (Å²) < 4.78 is 17.2. The fourth-order valence-corrected chi connectivity index (χ4v) is 4.47. The van der Waals surface area contributed by atoms with Gasteiger partial charge in [-0.3, -0.25) is 9.69 Å². The minimum atomic E-state index is -0.276. The number of aromatic hydroxyl groups is 1. The van der Waals surface area contributed by atoms with Crippen molar-refractivity contribution in [3.8, 4) is 23.0 Å². The van der Waals surface area contributed by atoms with Crippen LogP contribution in [0.15, 0.2) is 75.9 Å². The van der Waals surface area contributed by atoms with Crippen LogP contribution in [-0.2, 0) is 6.54 Å². The third-order valence-corrected chi connectivity index (χ3v) is 6.40.